The molecule has 2 heterocycles. The molecule has 0 radical (unpaired) electrons. The lowest BCUT2D eigenvalue weighted by Gasteiger charge is -2.35. The summed E-state index contributed by atoms with van der Waals surface area (Å²) < 4.78 is 40.8. The van der Waals surface area contributed by atoms with Gasteiger partial charge in [-0.05, 0) is 12.1 Å². The molecule has 1 amide bonds. The number of likely N-dealkylation sites (tertiary alicyclic amines) is 1. The minimum Gasteiger partial charge on any atom is -0.467 e. The van der Waals surface area contributed by atoms with Crippen LogP contribution in [-0.4, -0.2) is 52.9 Å². The molecule has 0 saturated carbocycles. The standard InChI is InChI=1S/C11H11F3N2O3/c12-11(13,14)6-19-9-8(2-1-3-15-9)10(18)16-4-7(17)5-16/h1-3,7,17H,4-6H2. The molecule has 1 aromatic rings. The van der Waals surface area contributed by atoms with Gasteiger partial charge in [-0.25, -0.2) is 4.98 Å². The van der Waals surface area contributed by atoms with Crippen LogP contribution in [0.4, 0.5) is 13.2 Å². The number of carbonyl (C=O) groups is 1. The van der Waals surface area contributed by atoms with E-state index in [2.05, 4.69) is 9.72 Å². The molecule has 1 fully saturated rings. The Hall–Kier alpha value is -1.83. The third-order valence-corrected chi connectivity index (χ3v) is 2.52. The van der Waals surface area contributed by atoms with Gasteiger partial charge in [0, 0.05) is 19.3 Å². The Morgan fingerprint density at radius 1 is 1.53 bits per heavy atom. The van der Waals surface area contributed by atoms with Crippen LogP contribution in [0.1, 0.15) is 10.4 Å². The molecule has 1 aliphatic rings. The van der Waals surface area contributed by atoms with E-state index < -0.39 is 24.8 Å². The molecular formula is C11H11F3N2O3. The number of nitrogens with zero attached hydrogens (tertiary/aromatic N) is 2. The topological polar surface area (TPSA) is 62.7 Å². The number of hydrogen-bond acceptors (Lipinski definition) is 4. The third-order valence-electron chi connectivity index (χ3n) is 2.52. The molecule has 0 unspecified atom stereocenters. The first-order chi connectivity index (χ1) is 8.87. The average molecular weight is 276 g/mol. The highest BCUT2D eigenvalue weighted by Gasteiger charge is 2.33. The minimum atomic E-state index is -4.50. The van der Waals surface area contributed by atoms with Crippen LogP contribution in [0.5, 0.6) is 5.88 Å². The SMILES string of the molecule is O=C(c1cccnc1OCC(F)(F)F)N1CC(O)C1. The number of pyridine rings is 1. The maximum atomic E-state index is 12.1. The number of halogens is 3. The van der Waals surface area contributed by atoms with Gasteiger partial charge in [0.15, 0.2) is 6.61 Å². The van der Waals surface area contributed by atoms with Crippen molar-refractivity contribution in [2.24, 2.45) is 0 Å². The number of aliphatic hydroxyl groups is 1. The Morgan fingerprint density at radius 2 is 2.21 bits per heavy atom. The Morgan fingerprint density at radius 3 is 2.79 bits per heavy atom. The molecule has 0 atom stereocenters. The zero-order valence-corrected chi connectivity index (χ0v) is 9.72. The van der Waals surface area contributed by atoms with Crippen molar-refractivity contribution in [1.82, 2.24) is 9.88 Å². The fourth-order valence-electron chi connectivity index (χ4n) is 1.61. The highest BCUT2D eigenvalue weighted by atomic mass is 19.4. The lowest BCUT2D eigenvalue weighted by Crippen LogP contribution is -2.53. The molecule has 1 N–H and O–H groups in total. The van der Waals surface area contributed by atoms with E-state index in [1.807, 2.05) is 0 Å². The maximum absolute atomic E-state index is 12.1. The van der Waals surface area contributed by atoms with Gasteiger partial charge in [-0.2, -0.15) is 13.2 Å². The van der Waals surface area contributed by atoms with Crippen LogP contribution in [0.3, 0.4) is 0 Å². The largest absolute Gasteiger partial charge is 0.467 e. The van der Waals surface area contributed by atoms with E-state index in [-0.39, 0.29) is 24.5 Å². The van der Waals surface area contributed by atoms with E-state index in [1.165, 1.54) is 23.2 Å². The summed E-state index contributed by atoms with van der Waals surface area (Å²) in [6, 6.07) is 2.77. The van der Waals surface area contributed by atoms with Gasteiger partial charge in [-0.15, -0.1) is 0 Å². The van der Waals surface area contributed by atoms with Gasteiger partial charge >= 0.3 is 6.18 Å². The summed E-state index contributed by atoms with van der Waals surface area (Å²) in [6.07, 6.45) is -3.83. The number of ether oxygens (including phenoxy) is 1. The molecule has 1 aromatic heterocycles. The van der Waals surface area contributed by atoms with E-state index in [1.54, 1.807) is 0 Å². The van der Waals surface area contributed by atoms with Crippen LogP contribution < -0.4 is 4.74 Å². The van der Waals surface area contributed by atoms with Crippen LogP contribution in [0.15, 0.2) is 18.3 Å². The second kappa shape index (κ2) is 5.04. The molecule has 1 aliphatic heterocycles. The average Bonchev–Trinajstić information content (AvgIpc) is 2.31. The summed E-state index contributed by atoms with van der Waals surface area (Å²) in [5.74, 6) is -0.859. The monoisotopic (exact) mass is 276 g/mol. The minimum absolute atomic E-state index is 0.0429. The summed E-state index contributed by atoms with van der Waals surface area (Å²) in [5, 5.41) is 9.10. The fraction of sp³-hybridized carbons (Fsp3) is 0.455. The second-order valence-corrected chi connectivity index (χ2v) is 4.12. The van der Waals surface area contributed by atoms with E-state index in [4.69, 9.17) is 5.11 Å². The van der Waals surface area contributed by atoms with Crippen molar-refractivity contribution in [2.75, 3.05) is 19.7 Å². The summed E-state index contributed by atoms with van der Waals surface area (Å²) >= 11 is 0. The van der Waals surface area contributed by atoms with E-state index >= 15 is 0 Å². The number of hydrogen-bond donors (Lipinski definition) is 1. The van der Waals surface area contributed by atoms with Gasteiger partial charge in [0.2, 0.25) is 5.88 Å². The van der Waals surface area contributed by atoms with E-state index in [0.29, 0.717) is 0 Å². The first kappa shape index (κ1) is 13.6. The quantitative estimate of drug-likeness (QED) is 0.888. The Balaban J connectivity index is 2.10. The summed E-state index contributed by atoms with van der Waals surface area (Å²) in [4.78, 5) is 16.9. The first-order valence-corrected chi connectivity index (χ1v) is 5.49. The number of rotatable bonds is 3. The summed E-state index contributed by atoms with van der Waals surface area (Å²) in [5.41, 5.74) is -0.0429. The molecule has 8 heteroatoms. The van der Waals surface area contributed by atoms with Gasteiger partial charge in [0.25, 0.3) is 5.91 Å². The van der Waals surface area contributed by atoms with Crippen molar-refractivity contribution in [1.29, 1.82) is 0 Å². The number of alkyl halides is 3. The molecule has 1 saturated heterocycles. The third kappa shape index (κ3) is 3.34. The molecule has 19 heavy (non-hydrogen) atoms. The first-order valence-electron chi connectivity index (χ1n) is 5.49. The zero-order chi connectivity index (χ0) is 14.0. The number of aromatic nitrogens is 1. The highest BCUT2D eigenvalue weighted by molar-refractivity contribution is 5.96. The van der Waals surface area contributed by atoms with Crippen LogP contribution in [-0.2, 0) is 0 Å². The fourth-order valence-corrected chi connectivity index (χ4v) is 1.61. The molecule has 5 nitrogen and oxygen atoms in total. The van der Waals surface area contributed by atoms with Crippen LogP contribution in [0, 0.1) is 0 Å². The number of β-amino-alcohol motifs (C(OH)–C–C–N with tert-alkyl or cyclic N) is 1. The highest BCUT2D eigenvalue weighted by Crippen LogP contribution is 2.22. The molecule has 0 aromatic carbocycles. The summed E-state index contributed by atoms with van der Waals surface area (Å²) in [7, 11) is 0. The van der Waals surface area contributed by atoms with Gasteiger partial charge in [0.1, 0.15) is 5.56 Å². The van der Waals surface area contributed by atoms with Crippen molar-refractivity contribution < 1.29 is 27.8 Å². The normalized spacial score (nSPS) is 16.1. The lowest BCUT2D eigenvalue weighted by molar-refractivity contribution is -0.154. The van der Waals surface area contributed by atoms with E-state index in [9.17, 15) is 18.0 Å². The van der Waals surface area contributed by atoms with Crippen LogP contribution >= 0.6 is 0 Å². The molecule has 104 valence electrons. The molecule has 0 spiro atoms. The Labute approximate surface area is 106 Å². The predicted molar refractivity (Wildman–Crippen MR) is 57.7 cm³/mol. The van der Waals surface area contributed by atoms with Crippen LogP contribution in [0.25, 0.3) is 0 Å². The maximum Gasteiger partial charge on any atom is 0.422 e. The Kier molecular flexibility index (Phi) is 3.61. The van der Waals surface area contributed by atoms with Crippen molar-refractivity contribution in [3.63, 3.8) is 0 Å². The Bertz CT molecular complexity index is 472. The molecule has 0 bridgehead atoms. The van der Waals surface area contributed by atoms with Gasteiger partial charge in [-0.3, -0.25) is 4.79 Å². The van der Waals surface area contributed by atoms with Gasteiger partial charge in [-0.1, -0.05) is 0 Å². The zero-order valence-electron chi connectivity index (χ0n) is 9.72. The van der Waals surface area contributed by atoms with E-state index in [0.717, 1.165) is 0 Å². The molecule has 0 aliphatic carbocycles. The van der Waals surface area contributed by atoms with Crippen molar-refractivity contribution >= 4 is 5.91 Å². The van der Waals surface area contributed by atoms with Gasteiger partial charge < -0.3 is 14.7 Å². The molecule has 2 rings (SSSR count). The number of aliphatic hydroxyl groups excluding tert-OH is 1. The lowest BCUT2D eigenvalue weighted by atomic mass is 10.1. The van der Waals surface area contributed by atoms with Crippen molar-refractivity contribution in [2.45, 2.75) is 12.3 Å². The van der Waals surface area contributed by atoms with Crippen molar-refractivity contribution in [3.05, 3.63) is 23.9 Å². The number of amides is 1. The van der Waals surface area contributed by atoms with Crippen LogP contribution in [0.2, 0.25) is 0 Å². The van der Waals surface area contributed by atoms with Crippen molar-refractivity contribution in [3.8, 4) is 5.88 Å². The number of carbonyl (C=O) groups excluding carboxylic acids is 1. The van der Waals surface area contributed by atoms with Gasteiger partial charge in [0.05, 0.1) is 6.10 Å². The summed E-state index contributed by atoms with van der Waals surface area (Å²) in [6.45, 7) is -1.19. The molecular weight excluding hydrogens is 265 g/mol. The smallest absolute Gasteiger partial charge is 0.422 e. The second-order valence-electron chi connectivity index (χ2n) is 4.12. The predicted octanol–water partition coefficient (Wildman–Crippen LogP) is 0.839.